The summed E-state index contributed by atoms with van der Waals surface area (Å²) in [5.74, 6) is 0.691. The number of nitrogens with one attached hydrogen (secondary N) is 3. The number of amides is 3. The highest BCUT2D eigenvalue weighted by Crippen LogP contribution is 2.21. The van der Waals surface area contributed by atoms with Crippen LogP contribution < -0.4 is 16.0 Å². The molecular weight excluding hydrogens is 358 g/mol. The molecule has 0 fully saturated rings. The molecule has 144 valence electrons. The van der Waals surface area contributed by atoms with Gasteiger partial charge in [-0.05, 0) is 56.2 Å². The molecule has 0 spiro atoms. The summed E-state index contributed by atoms with van der Waals surface area (Å²) in [5, 5.41) is 8.24. The summed E-state index contributed by atoms with van der Waals surface area (Å²) in [6.45, 7) is 6.46. The summed E-state index contributed by atoms with van der Waals surface area (Å²) in [7, 11) is 0. The largest absolute Gasteiger partial charge is 0.338 e. The maximum atomic E-state index is 12.1. The molecule has 0 aliphatic rings. The average Bonchev–Trinajstić information content (AvgIpc) is 2.63. The van der Waals surface area contributed by atoms with Gasteiger partial charge in [0.15, 0.2) is 0 Å². The van der Waals surface area contributed by atoms with Gasteiger partial charge >= 0.3 is 6.03 Å². The van der Waals surface area contributed by atoms with Crippen LogP contribution in [0.5, 0.6) is 0 Å². The maximum absolute atomic E-state index is 12.1. The first-order valence-electron chi connectivity index (χ1n) is 9.03. The number of hydrogen-bond acceptors (Lipinski definition) is 3. The molecular formula is C21H27N3O2S. The van der Waals surface area contributed by atoms with E-state index in [1.165, 1.54) is 4.90 Å². The van der Waals surface area contributed by atoms with E-state index in [9.17, 15) is 9.59 Å². The van der Waals surface area contributed by atoms with Crippen molar-refractivity contribution in [3.8, 4) is 0 Å². The van der Waals surface area contributed by atoms with Crippen LogP contribution in [0.2, 0.25) is 0 Å². The third-order valence-electron chi connectivity index (χ3n) is 3.97. The molecule has 0 atom stereocenters. The number of rotatable bonds is 8. The van der Waals surface area contributed by atoms with E-state index < -0.39 is 0 Å². The van der Waals surface area contributed by atoms with Crippen LogP contribution in [0.25, 0.3) is 0 Å². The summed E-state index contributed by atoms with van der Waals surface area (Å²) in [6.07, 6.45) is 0.862. The second-order valence-electron chi connectivity index (χ2n) is 6.45. The highest BCUT2D eigenvalue weighted by Gasteiger charge is 2.09. The van der Waals surface area contributed by atoms with Crippen LogP contribution in [0.1, 0.15) is 23.1 Å². The van der Waals surface area contributed by atoms with Gasteiger partial charge in [0.2, 0.25) is 5.91 Å². The number of anilines is 1. The van der Waals surface area contributed by atoms with Crippen molar-refractivity contribution in [3.63, 3.8) is 0 Å². The van der Waals surface area contributed by atoms with E-state index in [4.69, 9.17) is 0 Å². The number of thioether (sulfide) groups is 1. The van der Waals surface area contributed by atoms with Gasteiger partial charge in [0, 0.05) is 17.1 Å². The van der Waals surface area contributed by atoms with E-state index in [1.54, 1.807) is 11.8 Å². The molecule has 0 saturated heterocycles. The smallest absolute Gasteiger partial charge is 0.315 e. The average molecular weight is 386 g/mol. The van der Waals surface area contributed by atoms with Gasteiger partial charge < -0.3 is 16.0 Å². The van der Waals surface area contributed by atoms with Gasteiger partial charge in [-0.1, -0.05) is 35.9 Å². The van der Waals surface area contributed by atoms with E-state index in [0.717, 1.165) is 34.6 Å². The van der Waals surface area contributed by atoms with Crippen LogP contribution in [-0.2, 0) is 4.79 Å². The molecule has 27 heavy (non-hydrogen) atoms. The summed E-state index contributed by atoms with van der Waals surface area (Å²) in [5.41, 5.74) is 4.00. The number of hydrogen-bond donors (Lipinski definition) is 3. The Morgan fingerprint density at radius 3 is 2.30 bits per heavy atom. The molecule has 0 unspecified atom stereocenters. The van der Waals surface area contributed by atoms with Crippen molar-refractivity contribution in [1.29, 1.82) is 0 Å². The van der Waals surface area contributed by atoms with Crippen LogP contribution in [0, 0.1) is 20.8 Å². The second-order valence-corrected chi connectivity index (χ2v) is 7.61. The lowest BCUT2D eigenvalue weighted by Crippen LogP contribution is -2.40. The molecule has 0 radical (unpaired) electrons. The number of aryl methyl sites for hydroxylation is 3. The first kappa shape index (κ1) is 20.8. The van der Waals surface area contributed by atoms with Gasteiger partial charge in [-0.25, -0.2) is 4.79 Å². The zero-order valence-corrected chi connectivity index (χ0v) is 16.9. The fourth-order valence-electron chi connectivity index (χ4n) is 2.76. The topological polar surface area (TPSA) is 70.2 Å². The van der Waals surface area contributed by atoms with Crippen molar-refractivity contribution in [2.45, 2.75) is 32.1 Å². The van der Waals surface area contributed by atoms with Crippen molar-refractivity contribution >= 4 is 29.4 Å². The monoisotopic (exact) mass is 385 g/mol. The first-order chi connectivity index (χ1) is 13.0. The lowest BCUT2D eigenvalue weighted by Gasteiger charge is -2.13. The molecule has 0 aliphatic heterocycles. The summed E-state index contributed by atoms with van der Waals surface area (Å²) in [4.78, 5) is 25.1. The lowest BCUT2D eigenvalue weighted by molar-refractivity contribution is -0.115. The molecule has 0 aliphatic carbocycles. The van der Waals surface area contributed by atoms with Crippen LogP contribution in [-0.4, -0.2) is 30.8 Å². The van der Waals surface area contributed by atoms with Gasteiger partial charge in [-0.2, -0.15) is 0 Å². The quantitative estimate of drug-likeness (QED) is 0.475. The Hall–Kier alpha value is -2.47. The summed E-state index contributed by atoms with van der Waals surface area (Å²) in [6, 6.07) is 13.9. The van der Waals surface area contributed by atoms with E-state index >= 15 is 0 Å². The van der Waals surface area contributed by atoms with Gasteiger partial charge in [0.05, 0.1) is 6.54 Å². The molecule has 3 amide bonds. The van der Waals surface area contributed by atoms with Crippen molar-refractivity contribution in [3.05, 3.63) is 59.2 Å². The van der Waals surface area contributed by atoms with Crippen molar-refractivity contribution in [1.82, 2.24) is 10.6 Å². The summed E-state index contributed by atoms with van der Waals surface area (Å²) >= 11 is 1.76. The van der Waals surface area contributed by atoms with Crippen molar-refractivity contribution < 1.29 is 9.59 Å². The van der Waals surface area contributed by atoms with E-state index in [0.29, 0.717) is 6.54 Å². The van der Waals surface area contributed by atoms with Gasteiger partial charge in [0.1, 0.15) is 0 Å². The third-order valence-corrected chi connectivity index (χ3v) is 5.07. The minimum atomic E-state index is -0.327. The Kier molecular flexibility index (Phi) is 8.20. The Morgan fingerprint density at radius 1 is 0.963 bits per heavy atom. The Bertz CT molecular complexity index is 755. The number of benzene rings is 2. The number of urea groups is 1. The molecule has 2 aromatic rings. The first-order valence-corrected chi connectivity index (χ1v) is 10.0. The van der Waals surface area contributed by atoms with Crippen LogP contribution in [0.15, 0.2) is 47.4 Å². The predicted molar refractivity (Wildman–Crippen MR) is 112 cm³/mol. The highest BCUT2D eigenvalue weighted by atomic mass is 32.2. The zero-order valence-electron chi connectivity index (χ0n) is 16.1. The number of carbonyl (C=O) groups is 2. The van der Waals surface area contributed by atoms with E-state index in [-0.39, 0.29) is 18.5 Å². The molecule has 0 bridgehead atoms. The van der Waals surface area contributed by atoms with Crippen molar-refractivity contribution in [2.75, 3.05) is 24.2 Å². The van der Waals surface area contributed by atoms with Crippen LogP contribution in [0.3, 0.4) is 0 Å². The van der Waals surface area contributed by atoms with E-state index in [1.807, 2.05) is 51.1 Å². The molecule has 3 N–H and O–H groups in total. The lowest BCUT2D eigenvalue weighted by atomic mass is 10.1. The minimum Gasteiger partial charge on any atom is -0.338 e. The normalized spacial score (nSPS) is 10.3. The third kappa shape index (κ3) is 7.35. The Balaban J connectivity index is 1.63. The van der Waals surface area contributed by atoms with Crippen LogP contribution >= 0.6 is 11.8 Å². The maximum Gasteiger partial charge on any atom is 0.315 e. The highest BCUT2D eigenvalue weighted by molar-refractivity contribution is 7.99. The zero-order chi connectivity index (χ0) is 19.6. The number of carbonyl (C=O) groups excluding carboxylic acids is 2. The summed E-state index contributed by atoms with van der Waals surface area (Å²) < 4.78 is 0. The van der Waals surface area contributed by atoms with Crippen molar-refractivity contribution in [2.24, 2.45) is 0 Å². The molecule has 0 saturated carbocycles. The van der Waals surface area contributed by atoms with Gasteiger partial charge in [0.25, 0.3) is 0 Å². The predicted octanol–water partition coefficient (Wildman–Crippen LogP) is 4.03. The molecule has 2 rings (SSSR count). The molecule has 0 heterocycles. The standard InChI is InChI=1S/C21H27N3O2S/c1-15-12-16(2)20(17(3)13-15)24-19(25)14-23-21(26)22-10-7-11-27-18-8-5-4-6-9-18/h4-6,8-9,12-13H,7,10-11,14H2,1-3H3,(H,24,25)(H2,22,23,26). The molecule has 5 nitrogen and oxygen atoms in total. The minimum absolute atomic E-state index is 0.0582. The molecule has 6 heteroatoms. The van der Waals surface area contributed by atoms with Gasteiger partial charge in [-0.3, -0.25) is 4.79 Å². The SMILES string of the molecule is Cc1cc(C)c(NC(=O)CNC(=O)NCCCSc2ccccc2)c(C)c1. The molecule has 0 aromatic heterocycles. The second kappa shape index (κ2) is 10.6. The van der Waals surface area contributed by atoms with Gasteiger partial charge in [-0.15, -0.1) is 11.8 Å². The Labute approximate surface area is 165 Å². The Morgan fingerprint density at radius 2 is 1.63 bits per heavy atom. The van der Waals surface area contributed by atoms with Crippen LogP contribution in [0.4, 0.5) is 10.5 Å². The van der Waals surface area contributed by atoms with E-state index in [2.05, 4.69) is 28.1 Å². The fourth-order valence-corrected chi connectivity index (χ4v) is 3.64. The molecule has 2 aromatic carbocycles. The fraction of sp³-hybridized carbons (Fsp3) is 0.333.